The van der Waals surface area contributed by atoms with Gasteiger partial charge in [-0.3, -0.25) is 9.54 Å². The number of hydrogen-bond donors (Lipinski definition) is 1. The van der Waals surface area contributed by atoms with Crippen molar-refractivity contribution in [3.8, 4) is 0 Å². The van der Waals surface area contributed by atoms with Crippen LogP contribution < -0.4 is 0 Å². The van der Waals surface area contributed by atoms with Gasteiger partial charge in [0.25, 0.3) is 0 Å². The second-order valence-electron chi connectivity index (χ2n) is 1.66. The molecule has 0 unspecified atom stereocenters. The molecule has 0 saturated carbocycles. The quantitative estimate of drug-likeness (QED) is 0.654. The summed E-state index contributed by atoms with van der Waals surface area (Å²) in [5.41, 5.74) is 0. The van der Waals surface area contributed by atoms with Crippen molar-refractivity contribution >= 4 is 21.7 Å². The van der Waals surface area contributed by atoms with Gasteiger partial charge in [0.1, 0.15) is 5.15 Å². The monoisotopic (exact) mass is 194 g/mol. The van der Waals surface area contributed by atoms with Gasteiger partial charge in [-0.05, 0) is 0 Å². The molecule has 60 valence electrons. The molecule has 0 fully saturated rings. The van der Waals surface area contributed by atoms with Crippen LogP contribution in [0.5, 0.6) is 0 Å². The first-order valence-corrected chi connectivity index (χ1v) is 4.27. The fraction of sp³-hybridized carbons (Fsp3) is 0. The molecule has 1 rings (SSSR count). The summed E-state index contributed by atoms with van der Waals surface area (Å²) in [5, 5.41) is -0.634. The maximum Gasteiger partial charge on any atom is 0.313 e. The minimum atomic E-state index is -4.28. The molecular formula is C4H3ClN2O3S. The van der Waals surface area contributed by atoms with E-state index >= 15 is 0 Å². The average Bonchev–Trinajstić information content (AvgIpc) is 1.86. The maximum absolute atomic E-state index is 10.4. The lowest BCUT2D eigenvalue weighted by Gasteiger charge is -1.93. The molecule has 0 saturated heterocycles. The molecule has 0 bridgehead atoms. The highest BCUT2D eigenvalue weighted by atomic mass is 35.5. The predicted octanol–water partition coefficient (Wildman–Crippen LogP) is 0.377. The van der Waals surface area contributed by atoms with Gasteiger partial charge in [-0.25, -0.2) is 4.98 Å². The standard InChI is InChI=1S/C4H3ClN2O3S/c5-3-1-6-2-4(7-3)11(8,9)10/h1-2H,(H,8,9,10). The Morgan fingerprint density at radius 2 is 2.09 bits per heavy atom. The minimum absolute atomic E-state index is 0.0832. The highest BCUT2D eigenvalue weighted by molar-refractivity contribution is 7.85. The van der Waals surface area contributed by atoms with Gasteiger partial charge in [0.15, 0.2) is 0 Å². The van der Waals surface area contributed by atoms with Crippen LogP contribution in [0.25, 0.3) is 0 Å². The van der Waals surface area contributed by atoms with Gasteiger partial charge in [0.2, 0.25) is 5.03 Å². The zero-order chi connectivity index (χ0) is 8.48. The molecule has 0 aliphatic rings. The van der Waals surface area contributed by atoms with Crippen LogP contribution in [0.3, 0.4) is 0 Å². The Labute approximate surface area is 67.8 Å². The predicted molar refractivity (Wildman–Crippen MR) is 36.9 cm³/mol. The SMILES string of the molecule is O=S(=O)(O)c1cncc(Cl)n1. The number of hydrogen-bond acceptors (Lipinski definition) is 4. The molecule has 11 heavy (non-hydrogen) atoms. The summed E-state index contributed by atoms with van der Waals surface area (Å²) in [6, 6.07) is 0. The molecule has 5 nitrogen and oxygen atoms in total. The summed E-state index contributed by atoms with van der Waals surface area (Å²) >= 11 is 5.30. The Hall–Kier alpha value is -0.720. The third-order valence-corrected chi connectivity index (χ3v) is 1.75. The molecular weight excluding hydrogens is 192 g/mol. The molecule has 0 atom stereocenters. The van der Waals surface area contributed by atoms with E-state index < -0.39 is 15.1 Å². The summed E-state index contributed by atoms with van der Waals surface area (Å²) in [6.45, 7) is 0. The second-order valence-corrected chi connectivity index (χ2v) is 3.41. The molecule has 0 aliphatic carbocycles. The molecule has 0 aliphatic heterocycles. The summed E-state index contributed by atoms with van der Waals surface area (Å²) < 4.78 is 29.2. The van der Waals surface area contributed by atoms with E-state index in [9.17, 15) is 8.42 Å². The molecule has 7 heteroatoms. The Bertz CT molecular complexity index is 363. The minimum Gasteiger partial charge on any atom is -0.281 e. The highest BCUT2D eigenvalue weighted by Gasteiger charge is 2.11. The van der Waals surface area contributed by atoms with Crippen LogP contribution in [-0.2, 0) is 10.1 Å². The lowest BCUT2D eigenvalue weighted by molar-refractivity contribution is 0.478. The van der Waals surface area contributed by atoms with E-state index in [0.717, 1.165) is 12.4 Å². The smallest absolute Gasteiger partial charge is 0.281 e. The third-order valence-electron chi connectivity index (χ3n) is 0.847. The largest absolute Gasteiger partial charge is 0.313 e. The van der Waals surface area contributed by atoms with E-state index in [4.69, 9.17) is 16.2 Å². The van der Waals surface area contributed by atoms with Crippen LogP contribution in [0.15, 0.2) is 17.4 Å². The van der Waals surface area contributed by atoms with Gasteiger partial charge in [0.05, 0.1) is 12.4 Å². The molecule has 1 N–H and O–H groups in total. The Balaban J connectivity index is 3.28. The van der Waals surface area contributed by atoms with Crippen LogP contribution in [0.1, 0.15) is 0 Å². The number of halogens is 1. The lowest BCUT2D eigenvalue weighted by Crippen LogP contribution is -2.01. The summed E-state index contributed by atoms with van der Waals surface area (Å²) in [5.74, 6) is 0. The molecule has 0 spiro atoms. The van der Waals surface area contributed by atoms with Gasteiger partial charge < -0.3 is 0 Å². The number of nitrogens with zero attached hydrogens (tertiary/aromatic N) is 2. The maximum atomic E-state index is 10.4. The third kappa shape index (κ3) is 2.11. The lowest BCUT2D eigenvalue weighted by atomic mass is 10.8. The first kappa shape index (κ1) is 8.38. The zero-order valence-corrected chi connectivity index (χ0v) is 6.67. The van der Waals surface area contributed by atoms with Crippen molar-refractivity contribution < 1.29 is 13.0 Å². The van der Waals surface area contributed by atoms with E-state index in [1.807, 2.05) is 0 Å². The normalized spacial score (nSPS) is 11.5. The first-order chi connectivity index (χ1) is 5.00. The van der Waals surface area contributed by atoms with E-state index in [2.05, 4.69) is 9.97 Å². The van der Waals surface area contributed by atoms with Crippen molar-refractivity contribution in [2.75, 3.05) is 0 Å². The average molecular weight is 195 g/mol. The number of rotatable bonds is 1. The van der Waals surface area contributed by atoms with Crippen LogP contribution in [0.2, 0.25) is 5.15 Å². The molecule has 1 heterocycles. The van der Waals surface area contributed by atoms with E-state index in [-0.39, 0.29) is 5.15 Å². The van der Waals surface area contributed by atoms with Crippen LogP contribution in [0.4, 0.5) is 0 Å². The van der Waals surface area contributed by atoms with Gasteiger partial charge >= 0.3 is 10.1 Å². The summed E-state index contributed by atoms with van der Waals surface area (Å²) in [4.78, 5) is 6.73. The van der Waals surface area contributed by atoms with Gasteiger partial charge in [-0.2, -0.15) is 8.42 Å². The first-order valence-electron chi connectivity index (χ1n) is 2.45. The van der Waals surface area contributed by atoms with Gasteiger partial charge in [-0.15, -0.1) is 0 Å². The van der Waals surface area contributed by atoms with Crippen molar-refractivity contribution in [1.29, 1.82) is 0 Å². The second kappa shape index (κ2) is 2.72. The Morgan fingerprint density at radius 3 is 2.45 bits per heavy atom. The molecule has 0 aromatic carbocycles. The van der Waals surface area contributed by atoms with Crippen LogP contribution in [-0.4, -0.2) is 22.9 Å². The van der Waals surface area contributed by atoms with E-state index in [1.54, 1.807) is 0 Å². The van der Waals surface area contributed by atoms with Crippen LogP contribution in [0, 0.1) is 0 Å². The van der Waals surface area contributed by atoms with Crippen molar-refractivity contribution in [2.24, 2.45) is 0 Å². The fourth-order valence-corrected chi connectivity index (χ4v) is 1.06. The van der Waals surface area contributed by atoms with Crippen molar-refractivity contribution in [3.63, 3.8) is 0 Å². The topological polar surface area (TPSA) is 80.2 Å². The molecule has 0 amide bonds. The number of aromatic nitrogens is 2. The molecule has 0 radical (unpaired) electrons. The molecule has 1 aromatic rings. The summed E-state index contributed by atoms with van der Waals surface area (Å²) in [7, 11) is -4.28. The van der Waals surface area contributed by atoms with Crippen molar-refractivity contribution in [3.05, 3.63) is 17.5 Å². The Morgan fingerprint density at radius 1 is 1.45 bits per heavy atom. The zero-order valence-electron chi connectivity index (χ0n) is 5.10. The summed E-state index contributed by atoms with van der Waals surface area (Å²) in [6.07, 6.45) is 2.07. The molecule has 1 aromatic heterocycles. The van der Waals surface area contributed by atoms with E-state index in [1.165, 1.54) is 0 Å². The van der Waals surface area contributed by atoms with Crippen molar-refractivity contribution in [1.82, 2.24) is 9.97 Å². The van der Waals surface area contributed by atoms with E-state index in [0.29, 0.717) is 0 Å². The highest BCUT2D eigenvalue weighted by Crippen LogP contribution is 2.06. The van der Waals surface area contributed by atoms with Gasteiger partial charge in [-0.1, -0.05) is 11.6 Å². The Kier molecular flexibility index (Phi) is 2.08. The van der Waals surface area contributed by atoms with Gasteiger partial charge in [0, 0.05) is 0 Å². The van der Waals surface area contributed by atoms with Crippen molar-refractivity contribution in [2.45, 2.75) is 5.03 Å². The fourth-order valence-electron chi connectivity index (χ4n) is 0.450. The van der Waals surface area contributed by atoms with Crippen LogP contribution >= 0.6 is 11.6 Å².